The molecule has 0 N–H and O–H groups in total. The molecule has 0 saturated carbocycles. The quantitative estimate of drug-likeness (QED) is 0.824. The number of rotatable bonds is 5. The molecule has 3 rings (SSSR count). The molecule has 0 aromatic heterocycles. The molecule has 0 aliphatic carbocycles. The first kappa shape index (κ1) is 18.2. The zero-order chi connectivity index (χ0) is 18.7. The molecule has 1 fully saturated rings. The smallest absolute Gasteiger partial charge is 0.244 e. The molecule has 0 bridgehead atoms. The van der Waals surface area contributed by atoms with Gasteiger partial charge in [0.25, 0.3) is 0 Å². The maximum atomic E-state index is 13.9. The zero-order valence-corrected chi connectivity index (χ0v) is 15.2. The number of anilines is 1. The van der Waals surface area contributed by atoms with Crippen molar-refractivity contribution in [3.8, 4) is 11.5 Å². The normalized spacial score (nSPS) is 18.1. The Kier molecular flexibility index (Phi) is 5.42. The summed E-state index contributed by atoms with van der Waals surface area (Å²) in [5, 5.41) is 0. The van der Waals surface area contributed by atoms with Gasteiger partial charge in [0.15, 0.2) is 0 Å². The molecule has 2 aromatic carbocycles. The summed E-state index contributed by atoms with van der Waals surface area (Å²) in [6, 6.07) is 11.7. The summed E-state index contributed by atoms with van der Waals surface area (Å²) in [5.41, 5.74) is 1.29. The molecule has 1 atom stereocenters. The third kappa shape index (κ3) is 3.51. The van der Waals surface area contributed by atoms with Crippen LogP contribution < -0.4 is 14.4 Å². The number of benzene rings is 2. The first-order valence-corrected chi connectivity index (χ1v) is 8.56. The number of nitrogens with zero attached hydrogens (tertiary/aromatic N) is 2. The van der Waals surface area contributed by atoms with Crippen LogP contribution in [0.2, 0.25) is 0 Å². The number of methoxy groups -OCH3 is 2. The Morgan fingerprint density at radius 2 is 1.88 bits per heavy atom. The van der Waals surface area contributed by atoms with Crippen LogP contribution in [0.25, 0.3) is 0 Å². The van der Waals surface area contributed by atoms with E-state index in [9.17, 15) is 9.18 Å². The van der Waals surface area contributed by atoms with Crippen molar-refractivity contribution >= 4 is 11.6 Å². The van der Waals surface area contributed by atoms with Crippen LogP contribution in [-0.4, -0.2) is 44.2 Å². The molecule has 2 aromatic rings. The molecule has 1 saturated heterocycles. The van der Waals surface area contributed by atoms with E-state index < -0.39 is 0 Å². The SMILES string of the molecule is COc1ccc(OC)c(N2CCN(Cc3ccccc3F)[C@H](C)C2=O)c1. The number of ether oxygens (including phenoxy) is 2. The minimum atomic E-state index is -0.362. The molecule has 5 nitrogen and oxygen atoms in total. The van der Waals surface area contributed by atoms with E-state index in [4.69, 9.17) is 9.47 Å². The summed E-state index contributed by atoms with van der Waals surface area (Å²) in [6.45, 7) is 3.40. The molecular weight excluding hydrogens is 335 g/mol. The van der Waals surface area contributed by atoms with E-state index in [1.165, 1.54) is 6.07 Å². The highest BCUT2D eigenvalue weighted by Crippen LogP contribution is 2.34. The summed E-state index contributed by atoms with van der Waals surface area (Å²) >= 11 is 0. The lowest BCUT2D eigenvalue weighted by molar-refractivity contribution is -0.125. The van der Waals surface area contributed by atoms with Crippen LogP contribution in [0.4, 0.5) is 10.1 Å². The van der Waals surface area contributed by atoms with Gasteiger partial charge in [0.05, 0.1) is 25.9 Å². The van der Waals surface area contributed by atoms with E-state index >= 15 is 0 Å². The maximum Gasteiger partial charge on any atom is 0.244 e. The maximum absolute atomic E-state index is 13.9. The van der Waals surface area contributed by atoms with Gasteiger partial charge in [-0.1, -0.05) is 18.2 Å². The Balaban J connectivity index is 1.81. The third-order valence-electron chi connectivity index (χ3n) is 4.79. The largest absolute Gasteiger partial charge is 0.497 e. The average molecular weight is 358 g/mol. The molecule has 0 radical (unpaired) electrons. The van der Waals surface area contributed by atoms with Gasteiger partial charge < -0.3 is 14.4 Å². The molecule has 26 heavy (non-hydrogen) atoms. The molecule has 1 aliphatic heterocycles. The van der Waals surface area contributed by atoms with E-state index in [2.05, 4.69) is 0 Å². The minimum Gasteiger partial charge on any atom is -0.497 e. The van der Waals surface area contributed by atoms with Crippen molar-refractivity contribution in [2.75, 3.05) is 32.2 Å². The van der Waals surface area contributed by atoms with Gasteiger partial charge in [0.2, 0.25) is 5.91 Å². The van der Waals surface area contributed by atoms with E-state index in [0.717, 1.165) is 0 Å². The van der Waals surface area contributed by atoms with E-state index in [0.29, 0.717) is 42.4 Å². The molecule has 0 spiro atoms. The van der Waals surface area contributed by atoms with Crippen LogP contribution in [0.15, 0.2) is 42.5 Å². The van der Waals surface area contributed by atoms with Crippen molar-refractivity contribution in [1.82, 2.24) is 4.90 Å². The number of hydrogen-bond donors (Lipinski definition) is 0. The van der Waals surface area contributed by atoms with Crippen molar-refractivity contribution in [3.05, 3.63) is 53.8 Å². The number of carbonyl (C=O) groups is 1. The first-order chi connectivity index (χ1) is 12.5. The van der Waals surface area contributed by atoms with Gasteiger partial charge in [0.1, 0.15) is 17.3 Å². The highest BCUT2D eigenvalue weighted by atomic mass is 19.1. The number of carbonyl (C=O) groups excluding carboxylic acids is 1. The van der Waals surface area contributed by atoms with Gasteiger partial charge in [-0.2, -0.15) is 0 Å². The fraction of sp³-hybridized carbons (Fsp3) is 0.350. The van der Waals surface area contributed by atoms with Crippen molar-refractivity contribution in [2.45, 2.75) is 19.5 Å². The zero-order valence-electron chi connectivity index (χ0n) is 15.2. The Morgan fingerprint density at radius 1 is 1.12 bits per heavy atom. The molecule has 0 unspecified atom stereocenters. The van der Waals surface area contributed by atoms with E-state index in [1.54, 1.807) is 49.5 Å². The van der Waals surface area contributed by atoms with Crippen LogP contribution in [-0.2, 0) is 11.3 Å². The predicted octanol–water partition coefficient (Wildman–Crippen LogP) is 3.08. The van der Waals surface area contributed by atoms with Crippen molar-refractivity contribution in [3.63, 3.8) is 0 Å². The highest BCUT2D eigenvalue weighted by Gasteiger charge is 2.34. The number of piperazine rings is 1. The monoisotopic (exact) mass is 358 g/mol. The number of amides is 1. The topological polar surface area (TPSA) is 42.0 Å². The standard InChI is InChI=1S/C20H23FN2O3/c1-14-20(24)23(18-12-16(25-2)8-9-19(18)26-3)11-10-22(14)13-15-6-4-5-7-17(15)21/h4-9,12,14H,10-11,13H2,1-3H3/t14-/m1/s1. The van der Waals surface area contributed by atoms with Gasteiger partial charge in [-0.05, 0) is 25.1 Å². The molecular formula is C20H23FN2O3. The lowest BCUT2D eigenvalue weighted by Crippen LogP contribution is -2.55. The summed E-state index contributed by atoms with van der Waals surface area (Å²) in [6.07, 6.45) is 0. The fourth-order valence-electron chi connectivity index (χ4n) is 3.22. The second kappa shape index (κ2) is 7.74. The van der Waals surface area contributed by atoms with Gasteiger partial charge in [-0.3, -0.25) is 9.69 Å². The Morgan fingerprint density at radius 3 is 2.58 bits per heavy atom. The van der Waals surface area contributed by atoms with Crippen LogP contribution >= 0.6 is 0 Å². The highest BCUT2D eigenvalue weighted by molar-refractivity contribution is 5.99. The number of hydrogen-bond acceptors (Lipinski definition) is 4. The van der Waals surface area contributed by atoms with E-state index in [1.807, 2.05) is 17.9 Å². The lowest BCUT2D eigenvalue weighted by atomic mass is 10.1. The third-order valence-corrected chi connectivity index (χ3v) is 4.79. The Labute approximate surface area is 152 Å². The summed E-state index contributed by atoms with van der Waals surface area (Å²) in [4.78, 5) is 16.7. The lowest BCUT2D eigenvalue weighted by Gasteiger charge is -2.39. The molecule has 138 valence electrons. The van der Waals surface area contributed by atoms with Crippen molar-refractivity contribution in [1.29, 1.82) is 0 Å². The van der Waals surface area contributed by atoms with Crippen molar-refractivity contribution in [2.24, 2.45) is 0 Å². The summed E-state index contributed by atoms with van der Waals surface area (Å²) in [5.74, 6) is 0.993. The van der Waals surface area contributed by atoms with Crippen LogP contribution in [0.1, 0.15) is 12.5 Å². The fourth-order valence-corrected chi connectivity index (χ4v) is 3.22. The Bertz CT molecular complexity index is 796. The van der Waals surface area contributed by atoms with E-state index in [-0.39, 0.29) is 17.8 Å². The molecule has 6 heteroatoms. The van der Waals surface area contributed by atoms with Crippen LogP contribution in [0, 0.1) is 5.82 Å². The van der Waals surface area contributed by atoms with Crippen LogP contribution in [0.5, 0.6) is 11.5 Å². The van der Waals surface area contributed by atoms with Crippen LogP contribution in [0.3, 0.4) is 0 Å². The predicted molar refractivity (Wildman–Crippen MR) is 98.2 cm³/mol. The number of halogens is 1. The summed E-state index contributed by atoms with van der Waals surface area (Å²) < 4.78 is 24.6. The average Bonchev–Trinajstić information content (AvgIpc) is 2.67. The Hall–Kier alpha value is -2.60. The molecule has 1 amide bonds. The molecule has 1 heterocycles. The first-order valence-electron chi connectivity index (χ1n) is 8.56. The van der Waals surface area contributed by atoms with Gasteiger partial charge in [-0.15, -0.1) is 0 Å². The second-order valence-electron chi connectivity index (χ2n) is 6.27. The van der Waals surface area contributed by atoms with Gasteiger partial charge in [-0.25, -0.2) is 4.39 Å². The van der Waals surface area contributed by atoms with Gasteiger partial charge in [0, 0.05) is 31.3 Å². The van der Waals surface area contributed by atoms with Crippen molar-refractivity contribution < 1.29 is 18.7 Å². The van der Waals surface area contributed by atoms with Gasteiger partial charge >= 0.3 is 0 Å². The minimum absolute atomic E-state index is 0.0425. The second-order valence-corrected chi connectivity index (χ2v) is 6.27. The molecule has 1 aliphatic rings. The summed E-state index contributed by atoms with van der Waals surface area (Å²) in [7, 11) is 3.16.